The Morgan fingerprint density at radius 3 is 2.79 bits per heavy atom. The van der Waals surface area contributed by atoms with Crippen molar-refractivity contribution in [2.24, 2.45) is 0 Å². The van der Waals surface area contributed by atoms with E-state index in [1.807, 2.05) is 0 Å². The molecule has 1 aromatic carbocycles. The molecule has 2 rings (SSSR count). The van der Waals surface area contributed by atoms with Crippen LogP contribution < -0.4 is 5.56 Å². The SMILES string of the molecule is O=c1[nH]c(=S)oc2c(Cl)cc(Cl)cc12. The maximum Gasteiger partial charge on any atom is 0.269 e. The Kier molecular flexibility index (Phi) is 2.34. The van der Waals surface area contributed by atoms with Gasteiger partial charge in [0.25, 0.3) is 10.4 Å². The van der Waals surface area contributed by atoms with Crippen LogP contribution in [-0.2, 0) is 0 Å². The maximum absolute atomic E-state index is 11.4. The van der Waals surface area contributed by atoms with Crippen LogP contribution in [0.15, 0.2) is 21.3 Å². The van der Waals surface area contributed by atoms with Crippen molar-refractivity contribution in [2.75, 3.05) is 0 Å². The van der Waals surface area contributed by atoms with Crippen LogP contribution in [0.3, 0.4) is 0 Å². The molecule has 0 saturated carbocycles. The summed E-state index contributed by atoms with van der Waals surface area (Å²) >= 11 is 16.3. The lowest BCUT2D eigenvalue weighted by atomic mass is 10.2. The number of benzene rings is 1. The summed E-state index contributed by atoms with van der Waals surface area (Å²) in [5, 5.41) is 0.932. The highest BCUT2D eigenvalue weighted by atomic mass is 35.5. The number of H-pyrrole nitrogens is 1. The Morgan fingerprint density at radius 2 is 2.07 bits per heavy atom. The number of halogens is 2. The fourth-order valence-corrected chi connectivity index (χ4v) is 1.82. The topological polar surface area (TPSA) is 46.0 Å². The zero-order valence-corrected chi connectivity index (χ0v) is 8.96. The van der Waals surface area contributed by atoms with E-state index < -0.39 is 0 Å². The van der Waals surface area contributed by atoms with Crippen LogP contribution in [0, 0.1) is 4.84 Å². The minimum Gasteiger partial charge on any atom is -0.429 e. The molecule has 0 unspecified atom stereocenters. The average Bonchev–Trinajstić information content (AvgIpc) is 2.07. The monoisotopic (exact) mass is 247 g/mol. The second-order valence-electron chi connectivity index (χ2n) is 2.61. The molecule has 1 N–H and O–H groups in total. The minimum absolute atomic E-state index is 0.00766. The quantitative estimate of drug-likeness (QED) is 0.728. The van der Waals surface area contributed by atoms with Gasteiger partial charge in [-0.3, -0.25) is 9.78 Å². The van der Waals surface area contributed by atoms with E-state index in [4.69, 9.17) is 39.8 Å². The molecule has 0 atom stereocenters. The zero-order chi connectivity index (χ0) is 10.3. The molecule has 14 heavy (non-hydrogen) atoms. The van der Waals surface area contributed by atoms with Gasteiger partial charge in [0.2, 0.25) is 0 Å². The lowest BCUT2D eigenvalue weighted by molar-refractivity contribution is 0.557. The van der Waals surface area contributed by atoms with Gasteiger partial charge >= 0.3 is 0 Å². The van der Waals surface area contributed by atoms with Gasteiger partial charge in [0, 0.05) is 5.02 Å². The Morgan fingerprint density at radius 1 is 1.36 bits per heavy atom. The van der Waals surface area contributed by atoms with Gasteiger partial charge in [0.05, 0.1) is 10.4 Å². The average molecular weight is 248 g/mol. The second kappa shape index (κ2) is 3.38. The lowest BCUT2D eigenvalue weighted by Crippen LogP contribution is -2.05. The van der Waals surface area contributed by atoms with Crippen LogP contribution in [0.25, 0.3) is 11.0 Å². The smallest absolute Gasteiger partial charge is 0.269 e. The van der Waals surface area contributed by atoms with Crippen LogP contribution in [-0.4, -0.2) is 4.98 Å². The highest BCUT2D eigenvalue weighted by Gasteiger charge is 2.07. The van der Waals surface area contributed by atoms with Crippen LogP contribution in [0.5, 0.6) is 0 Å². The predicted molar refractivity (Wildman–Crippen MR) is 57.7 cm³/mol. The molecule has 1 aromatic heterocycles. The first-order valence-electron chi connectivity index (χ1n) is 3.60. The normalized spacial score (nSPS) is 10.7. The molecule has 3 nitrogen and oxygen atoms in total. The largest absolute Gasteiger partial charge is 0.429 e. The Balaban J connectivity index is 3.10. The van der Waals surface area contributed by atoms with Crippen LogP contribution >= 0.6 is 35.4 Å². The minimum atomic E-state index is -0.361. The van der Waals surface area contributed by atoms with E-state index in [1.54, 1.807) is 0 Å². The summed E-state index contributed by atoms with van der Waals surface area (Å²) < 4.78 is 5.10. The van der Waals surface area contributed by atoms with Crippen LogP contribution in [0.1, 0.15) is 0 Å². The molecule has 0 aliphatic carbocycles. The fraction of sp³-hybridized carbons (Fsp3) is 0. The Hall–Kier alpha value is -0.840. The molecule has 0 saturated heterocycles. The lowest BCUT2D eigenvalue weighted by Gasteiger charge is -1.98. The van der Waals surface area contributed by atoms with Gasteiger partial charge in [-0.1, -0.05) is 23.2 Å². The van der Waals surface area contributed by atoms with Gasteiger partial charge in [-0.2, -0.15) is 0 Å². The summed E-state index contributed by atoms with van der Waals surface area (Å²) in [6, 6.07) is 2.96. The van der Waals surface area contributed by atoms with E-state index in [-0.39, 0.29) is 26.4 Å². The predicted octanol–water partition coefficient (Wildman–Crippen LogP) is 3.16. The molecule has 0 aliphatic rings. The highest BCUT2D eigenvalue weighted by Crippen LogP contribution is 2.25. The standard InChI is InChI=1S/C8H3Cl2NO2S/c9-3-1-4-6(5(10)2-3)13-8(14)11-7(4)12/h1-2H,(H,11,12,14). The highest BCUT2D eigenvalue weighted by molar-refractivity contribution is 7.71. The molecule has 1 heterocycles. The van der Waals surface area contributed by atoms with Crippen LogP contribution in [0.4, 0.5) is 0 Å². The summed E-state index contributed by atoms with van der Waals surface area (Å²) in [7, 11) is 0. The number of aromatic amines is 1. The summed E-state index contributed by atoms with van der Waals surface area (Å²) in [5.74, 6) is 0. The van der Waals surface area contributed by atoms with E-state index in [0.29, 0.717) is 5.02 Å². The van der Waals surface area contributed by atoms with Crippen LogP contribution in [0.2, 0.25) is 10.0 Å². The zero-order valence-electron chi connectivity index (χ0n) is 6.64. The molecule has 2 aromatic rings. The summed E-state index contributed by atoms with van der Waals surface area (Å²) in [6.07, 6.45) is 0. The molecule has 0 spiro atoms. The van der Waals surface area contributed by atoms with E-state index in [0.717, 1.165) is 0 Å². The van der Waals surface area contributed by atoms with Crippen molar-refractivity contribution in [2.45, 2.75) is 0 Å². The number of nitrogens with one attached hydrogen (secondary N) is 1. The fourth-order valence-electron chi connectivity index (χ4n) is 1.11. The molecule has 0 bridgehead atoms. The van der Waals surface area contributed by atoms with E-state index >= 15 is 0 Å². The Bertz CT molecular complexity index is 617. The molecule has 0 fully saturated rings. The van der Waals surface area contributed by atoms with Crippen molar-refractivity contribution in [3.05, 3.63) is 37.4 Å². The van der Waals surface area contributed by atoms with Gasteiger partial charge in [-0.25, -0.2) is 0 Å². The van der Waals surface area contributed by atoms with E-state index in [9.17, 15) is 4.79 Å². The molecule has 0 radical (unpaired) electrons. The van der Waals surface area contributed by atoms with Gasteiger partial charge in [-0.05, 0) is 24.4 Å². The number of rotatable bonds is 0. The molecular weight excluding hydrogens is 245 g/mol. The third-order valence-corrected chi connectivity index (χ3v) is 2.35. The molecule has 0 amide bonds. The number of aromatic nitrogens is 1. The van der Waals surface area contributed by atoms with Crippen molar-refractivity contribution < 1.29 is 4.42 Å². The first kappa shape index (κ1) is 9.71. The van der Waals surface area contributed by atoms with Gasteiger partial charge in [0.15, 0.2) is 5.58 Å². The summed E-state index contributed by atoms with van der Waals surface area (Å²) in [5.41, 5.74) is -0.106. The first-order valence-corrected chi connectivity index (χ1v) is 4.76. The molecule has 72 valence electrons. The molecule has 0 aliphatic heterocycles. The van der Waals surface area contributed by atoms with Crippen molar-refractivity contribution in [1.29, 1.82) is 0 Å². The number of fused-ring (bicyclic) bond motifs is 1. The maximum atomic E-state index is 11.4. The number of hydrogen-bond acceptors (Lipinski definition) is 3. The summed E-state index contributed by atoms with van der Waals surface area (Å²) in [4.78, 5) is 13.7. The van der Waals surface area contributed by atoms with Crippen molar-refractivity contribution in [3.8, 4) is 0 Å². The second-order valence-corrected chi connectivity index (χ2v) is 3.82. The van der Waals surface area contributed by atoms with E-state index in [1.165, 1.54) is 12.1 Å². The van der Waals surface area contributed by atoms with Gasteiger partial charge < -0.3 is 4.42 Å². The van der Waals surface area contributed by atoms with Crippen molar-refractivity contribution >= 4 is 46.4 Å². The van der Waals surface area contributed by atoms with Crippen molar-refractivity contribution in [1.82, 2.24) is 4.98 Å². The third kappa shape index (κ3) is 1.56. The third-order valence-electron chi connectivity index (χ3n) is 1.66. The van der Waals surface area contributed by atoms with E-state index in [2.05, 4.69) is 4.98 Å². The van der Waals surface area contributed by atoms with Gasteiger partial charge in [0.1, 0.15) is 0 Å². The van der Waals surface area contributed by atoms with Crippen molar-refractivity contribution in [3.63, 3.8) is 0 Å². The number of hydrogen-bond donors (Lipinski definition) is 1. The molecular formula is C8H3Cl2NO2S. The Labute approximate surface area is 93.3 Å². The summed E-state index contributed by atoms with van der Waals surface area (Å²) in [6.45, 7) is 0. The first-order chi connectivity index (χ1) is 6.58. The molecule has 6 heteroatoms. The van der Waals surface area contributed by atoms with Gasteiger partial charge in [-0.15, -0.1) is 0 Å².